The normalized spacial score (nSPS) is 15.5. The minimum Gasteiger partial charge on any atom is -0.348 e. The van der Waals surface area contributed by atoms with Gasteiger partial charge in [-0.3, -0.25) is 4.79 Å². The first-order chi connectivity index (χ1) is 10.6. The van der Waals surface area contributed by atoms with Crippen LogP contribution < -0.4 is 10.6 Å². The van der Waals surface area contributed by atoms with Gasteiger partial charge in [-0.15, -0.1) is 11.3 Å². The molecule has 1 amide bonds. The number of hydrogen-bond acceptors (Lipinski definition) is 4. The third kappa shape index (κ3) is 5.58. The Hall–Kier alpha value is -1.72. The summed E-state index contributed by atoms with van der Waals surface area (Å²) >= 11 is 1.55. The van der Waals surface area contributed by atoms with Crippen molar-refractivity contribution >= 4 is 17.2 Å². The summed E-state index contributed by atoms with van der Waals surface area (Å²) in [7, 11) is 0. The van der Waals surface area contributed by atoms with Gasteiger partial charge in [0.2, 0.25) is 5.91 Å². The van der Waals surface area contributed by atoms with Crippen molar-refractivity contribution in [3.05, 3.63) is 52.5 Å². The highest BCUT2D eigenvalue weighted by molar-refractivity contribution is 7.09. The number of nitrogens with zero attached hydrogens (tertiary/aromatic N) is 1. The molecule has 0 bridgehead atoms. The molecular formula is C17H23N3OS. The quantitative estimate of drug-likeness (QED) is 0.813. The van der Waals surface area contributed by atoms with Crippen molar-refractivity contribution in [1.29, 1.82) is 0 Å². The molecule has 4 nitrogen and oxygen atoms in total. The van der Waals surface area contributed by atoms with E-state index in [1.165, 1.54) is 5.57 Å². The lowest BCUT2D eigenvalue weighted by atomic mass is 10.0. The highest BCUT2D eigenvalue weighted by Gasteiger charge is 2.20. The Labute approximate surface area is 136 Å². The Morgan fingerprint density at radius 1 is 1.36 bits per heavy atom. The molecule has 1 heterocycles. The summed E-state index contributed by atoms with van der Waals surface area (Å²) in [4.78, 5) is 16.7. The lowest BCUT2D eigenvalue weighted by Crippen LogP contribution is -2.46. The zero-order valence-electron chi connectivity index (χ0n) is 13.1. The maximum absolute atomic E-state index is 12.5. The molecule has 1 aromatic rings. The largest absolute Gasteiger partial charge is 0.348 e. The van der Waals surface area contributed by atoms with Crippen LogP contribution in [0.2, 0.25) is 0 Å². The van der Waals surface area contributed by atoms with Gasteiger partial charge >= 0.3 is 0 Å². The topological polar surface area (TPSA) is 54.0 Å². The zero-order valence-corrected chi connectivity index (χ0v) is 13.9. The maximum atomic E-state index is 12.5. The van der Waals surface area contributed by atoms with Crippen molar-refractivity contribution in [3.63, 3.8) is 0 Å². The summed E-state index contributed by atoms with van der Waals surface area (Å²) in [6, 6.07) is 0.0409. The molecule has 5 heteroatoms. The molecule has 118 valence electrons. The number of hydrogen-bond donors (Lipinski definition) is 2. The minimum atomic E-state index is -0.217. The number of thiazole rings is 1. The number of carbonyl (C=O) groups is 1. The van der Waals surface area contributed by atoms with Crippen molar-refractivity contribution in [3.8, 4) is 0 Å². The molecule has 1 aliphatic rings. The number of aromatic nitrogens is 1. The van der Waals surface area contributed by atoms with Crippen LogP contribution in [-0.2, 0) is 11.3 Å². The van der Waals surface area contributed by atoms with E-state index in [-0.39, 0.29) is 18.0 Å². The predicted octanol–water partition coefficient (Wildman–Crippen LogP) is 2.96. The summed E-state index contributed by atoms with van der Waals surface area (Å²) in [5.74, 6) is 0.0296. The predicted molar refractivity (Wildman–Crippen MR) is 91.6 cm³/mol. The lowest BCUT2D eigenvalue weighted by Gasteiger charge is -2.21. The number of amides is 1. The summed E-state index contributed by atoms with van der Waals surface area (Å²) in [6.45, 7) is 4.61. The molecule has 0 aromatic carbocycles. The zero-order chi connectivity index (χ0) is 15.8. The third-order valence-corrected chi connectivity index (χ3v) is 4.06. The number of nitrogens with one attached hydrogen (secondary N) is 2. The molecule has 0 saturated heterocycles. The van der Waals surface area contributed by atoms with Crippen LogP contribution in [0.15, 0.2) is 47.5 Å². The second-order valence-corrected chi connectivity index (χ2v) is 6.54. The second kappa shape index (κ2) is 8.66. The van der Waals surface area contributed by atoms with E-state index >= 15 is 0 Å². The molecule has 1 aromatic heterocycles. The van der Waals surface area contributed by atoms with Gasteiger partial charge in [0.25, 0.3) is 0 Å². The van der Waals surface area contributed by atoms with Gasteiger partial charge in [0.15, 0.2) is 0 Å². The molecule has 1 aliphatic carbocycles. The van der Waals surface area contributed by atoms with Gasteiger partial charge in [-0.05, 0) is 12.8 Å². The van der Waals surface area contributed by atoms with Crippen molar-refractivity contribution in [2.24, 2.45) is 0 Å². The van der Waals surface area contributed by atoms with Gasteiger partial charge in [-0.2, -0.15) is 0 Å². The molecule has 0 unspecified atom stereocenters. The Kier molecular flexibility index (Phi) is 6.55. The monoisotopic (exact) mass is 317 g/mol. The summed E-state index contributed by atoms with van der Waals surface area (Å²) in [5.41, 5.74) is 1.26. The van der Waals surface area contributed by atoms with Crippen LogP contribution in [0.3, 0.4) is 0 Å². The van der Waals surface area contributed by atoms with Crippen molar-refractivity contribution in [1.82, 2.24) is 15.6 Å². The van der Waals surface area contributed by atoms with E-state index in [1.54, 1.807) is 17.5 Å². The molecule has 2 N–H and O–H groups in total. The van der Waals surface area contributed by atoms with Crippen molar-refractivity contribution < 1.29 is 4.79 Å². The molecular weight excluding hydrogens is 294 g/mol. The summed E-state index contributed by atoms with van der Waals surface area (Å²) < 4.78 is 0. The van der Waals surface area contributed by atoms with Gasteiger partial charge in [-0.1, -0.05) is 49.8 Å². The van der Waals surface area contributed by atoms with Gasteiger partial charge < -0.3 is 10.6 Å². The van der Waals surface area contributed by atoms with Gasteiger partial charge in [-0.25, -0.2) is 4.98 Å². The maximum Gasteiger partial charge on any atom is 0.237 e. The van der Waals surface area contributed by atoms with E-state index in [0.717, 1.165) is 17.8 Å². The number of allylic oxidation sites excluding steroid dienone is 5. The fraction of sp³-hybridized carbons (Fsp3) is 0.412. The summed E-state index contributed by atoms with van der Waals surface area (Å²) in [5, 5.41) is 9.18. The SMILES string of the molecule is CC(C)N[C@@H](CC1=CC=CC=CC1)C(=O)NCc1nccs1. The summed E-state index contributed by atoms with van der Waals surface area (Å²) in [6.07, 6.45) is 13.7. The van der Waals surface area contributed by atoms with Crippen LogP contribution >= 0.6 is 11.3 Å². The van der Waals surface area contributed by atoms with Gasteiger partial charge in [0.05, 0.1) is 12.6 Å². The van der Waals surface area contributed by atoms with Gasteiger partial charge in [0.1, 0.15) is 5.01 Å². The third-order valence-electron chi connectivity index (χ3n) is 3.28. The molecule has 0 spiro atoms. The Morgan fingerprint density at radius 3 is 2.95 bits per heavy atom. The molecule has 0 fully saturated rings. The van der Waals surface area contributed by atoms with Crippen molar-refractivity contribution in [2.75, 3.05) is 0 Å². The van der Waals surface area contributed by atoms with E-state index in [4.69, 9.17) is 0 Å². The smallest absolute Gasteiger partial charge is 0.237 e. The first-order valence-electron chi connectivity index (χ1n) is 7.58. The van der Waals surface area contributed by atoms with Crippen LogP contribution in [0.5, 0.6) is 0 Å². The van der Waals surface area contributed by atoms with Crippen LogP contribution in [0.4, 0.5) is 0 Å². The van der Waals surface area contributed by atoms with Crippen LogP contribution in [0, 0.1) is 0 Å². The standard InChI is InChI=1S/C17H23N3OS/c1-13(2)20-15(11-14-7-5-3-4-6-8-14)17(21)19-12-16-18-9-10-22-16/h3-7,9-10,13,15,20H,8,11-12H2,1-2H3,(H,19,21)/t15-/m0/s1. The molecule has 22 heavy (non-hydrogen) atoms. The highest BCUT2D eigenvalue weighted by atomic mass is 32.1. The van der Waals surface area contributed by atoms with Crippen LogP contribution in [0.25, 0.3) is 0 Å². The first-order valence-corrected chi connectivity index (χ1v) is 8.46. The molecule has 0 saturated carbocycles. The van der Waals surface area contributed by atoms with Crippen molar-refractivity contribution in [2.45, 2.75) is 45.3 Å². The Bertz CT molecular complexity index is 558. The Morgan fingerprint density at radius 2 is 2.23 bits per heavy atom. The molecule has 0 radical (unpaired) electrons. The van der Waals surface area contributed by atoms with Gasteiger partial charge in [0, 0.05) is 17.6 Å². The van der Waals surface area contributed by atoms with E-state index in [0.29, 0.717) is 6.54 Å². The van der Waals surface area contributed by atoms with E-state index in [1.807, 2.05) is 23.6 Å². The average Bonchev–Trinajstić information content (AvgIpc) is 2.87. The Balaban J connectivity index is 1.95. The second-order valence-electron chi connectivity index (χ2n) is 5.56. The minimum absolute atomic E-state index is 0.0296. The number of carbonyl (C=O) groups excluding carboxylic acids is 1. The fourth-order valence-corrected chi connectivity index (χ4v) is 2.85. The number of rotatable bonds is 7. The fourth-order valence-electron chi connectivity index (χ4n) is 2.29. The average molecular weight is 317 g/mol. The molecule has 0 aliphatic heterocycles. The highest BCUT2D eigenvalue weighted by Crippen LogP contribution is 2.15. The van der Waals surface area contributed by atoms with Crippen LogP contribution in [-0.4, -0.2) is 23.0 Å². The lowest BCUT2D eigenvalue weighted by molar-refractivity contribution is -0.123. The van der Waals surface area contributed by atoms with Crippen LogP contribution in [0.1, 0.15) is 31.7 Å². The van der Waals surface area contributed by atoms with E-state index < -0.39 is 0 Å². The molecule has 2 rings (SSSR count). The first kappa shape index (κ1) is 16.6. The van der Waals surface area contributed by atoms with E-state index in [9.17, 15) is 4.79 Å². The molecule has 1 atom stereocenters. The van der Waals surface area contributed by atoms with E-state index in [2.05, 4.69) is 41.6 Å².